The Balaban J connectivity index is 2.95. The van der Waals surface area contributed by atoms with Crippen molar-refractivity contribution in [3.63, 3.8) is 0 Å². The van der Waals surface area contributed by atoms with Gasteiger partial charge in [0.25, 0.3) is 0 Å². The average Bonchev–Trinajstić information content (AvgIpc) is 2.29. The van der Waals surface area contributed by atoms with Crippen molar-refractivity contribution in [3.05, 3.63) is 34.9 Å². The molecule has 0 unspecified atom stereocenters. The van der Waals surface area contributed by atoms with Crippen molar-refractivity contribution in [1.82, 2.24) is 0 Å². The summed E-state index contributed by atoms with van der Waals surface area (Å²) in [5.74, 6) is 0.0367. The van der Waals surface area contributed by atoms with E-state index in [2.05, 4.69) is 6.92 Å². The summed E-state index contributed by atoms with van der Waals surface area (Å²) >= 11 is 0. The van der Waals surface area contributed by atoms with Crippen LogP contribution in [-0.4, -0.2) is 11.6 Å². The predicted molar refractivity (Wildman–Crippen MR) is 69.7 cm³/mol. The lowest BCUT2D eigenvalue weighted by molar-refractivity contribution is 0.101. The number of hydrogen-bond donors (Lipinski definition) is 0. The van der Waals surface area contributed by atoms with Crippen LogP contribution in [0.25, 0.3) is 0 Å². The summed E-state index contributed by atoms with van der Waals surface area (Å²) in [5.41, 5.74) is 2.38. The van der Waals surface area contributed by atoms with Gasteiger partial charge in [0.15, 0.2) is 11.6 Å². The van der Waals surface area contributed by atoms with Crippen molar-refractivity contribution in [1.29, 1.82) is 0 Å². The van der Waals surface area contributed by atoms with Crippen molar-refractivity contribution >= 4 is 11.6 Å². The third-order valence-electron chi connectivity index (χ3n) is 2.87. The minimum Gasteiger partial charge on any atom is -0.295 e. The number of hydrogen-bond acceptors (Lipinski definition) is 2. The molecule has 0 N–H and O–H groups in total. The molecule has 0 amide bonds. The first-order chi connectivity index (χ1) is 8.04. The molecule has 0 radical (unpaired) electrons. The molecule has 1 aromatic carbocycles. The summed E-state index contributed by atoms with van der Waals surface area (Å²) in [6, 6.07) is 5.50. The lowest BCUT2D eigenvalue weighted by atomic mass is 9.98. The Hall–Kier alpha value is -1.44. The van der Waals surface area contributed by atoms with Gasteiger partial charge in [-0.1, -0.05) is 19.8 Å². The molecule has 0 heterocycles. The van der Waals surface area contributed by atoms with E-state index in [-0.39, 0.29) is 11.6 Å². The van der Waals surface area contributed by atoms with Crippen molar-refractivity contribution in [3.8, 4) is 0 Å². The van der Waals surface area contributed by atoms with Gasteiger partial charge in [-0.25, -0.2) is 0 Å². The van der Waals surface area contributed by atoms with Crippen LogP contribution in [0, 0.1) is 0 Å². The molecule has 0 aliphatic carbocycles. The van der Waals surface area contributed by atoms with Gasteiger partial charge in [0.2, 0.25) is 0 Å². The summed E-state index contributed by atoms with van der Waals surface area (Å²) in [6.45, 7) is 5.23. The van der Waals surface area contributed by atoms with Crippen LogP contribution in [-0.2, 0) is 6.42 Å². The van der Waals surface area contributed by atoms with Gasteiger partial charge in [0, 0.05) is 11.1 Å². The number of carbonyl (C=O) groups is 2. The molecule has 0 saturated heterocycles. The van der Waals surface area contributed by atoms with Gasteiger partial charge in [-0.3, -0.25) is 9.59 Å². The topological polar surface area (TPSA) is 34.1 Å². The second-order valence-electron chi connectivity index (χ2n) is 4.49. The molecular weight excluding hydrogens is 212 g/mol. The van der Waals surface area contributed by atoms with Crippen LogP contribution in [0.3, 0.4) is 0 Å². The summed E-state index contributed by atoms with van der Waals surface area (Å²) < 4.78 is 0. The zero-order valence-electron chi connectivity index (χ0n) is 10.9. The van der Waals surface area contributed by atoms with Crippen LogP contribution in [0.15, 0.2) is 18.2 Å². The van der Waals surface area contributed by atoms with E-state index in [0.717, 1.165) is 18.4 Å². The molecule has 2 heteroatoms. The van der Waals surface area contributed by atoms with Crippen molar-refractivity contribution < 1.29 is 9.59 Å². The van der Waals surface area contributed by atoms with Crippen LogP contribution < -0.4 is 0 Å². The molecule has 0 spiro atoms. The predicted octanol–water partition coefficient (Wildman–Crippen LogP) is 3.82. The molecule has 0 saturated carbocycles. The van der Waals surface area contributed by atoms with E-state index in [1.807, 2.05) is 12.1 Å². The largest absolute Gasteiger partial charge is 0.295 e. The lowest BCUT2D eigenvalue weighted by Crippen LogP contribution is -2.01. The third kappa shape index (κ3) is 4.14. The molecule has 0 atom stereocenters. The molecule has 0 aromatic heterocycles. The molecule has 0 bridgehead atoms. The van der Waals surface area contributed by atoms with E-state index in [9.17, 15) is 9.59 Å². The number of Topliss-reactive ketones (excluding diaryl/α,β-unsaturated/α-hetero) is 2. The van der Waals surface area contributed by atoms with E-state index in [1.165, 1.54) is 26.7 Å². The Bertz CT molecular complexity index is 387. The maximum absolute atomic E-state index is 11.4. The van der Waals surface area contributed by atoms with Crippen LogP contribution in [0.2, 0.25) is 0 Å². The fourth-order valence-electron chi connectivity index (χ4n) is 1.82. The number of benzene rings is 1. The highest BCUT2D eigenvalue weighted by Gasteiger charge is 2.07. The van der Waals surface area contributed by atoms with Gasteiger partial charge in [-0.15, -0.1) is 0 Å². The third-order valence-corrected chi connectivity index (χ3v) is 2.87. The Morgan fingerprint density at radius 3 is 1.88 bits per heavy atom. The Morgan fingerprint density at radius 2 is 1.47 bits per heavy atom. The first kappa shape index (κ1) is 13.6. The SMILES string of the molecule is CCCCCc1cc(C(C)=O)cc(C(C)=O)c1. The van der Waals surface area contributed by atoms with E-state index >= 15 is 0 Å². The Labute approximate surface area is 103 Å². The van der Waals surface area contributed by atoms with E-state index in [1.54, 1.807) is 6.07 Å². The summed E-state index contributed by atoms with van der Waals surface area (Å²) in [7, 11) is 0. The first-order valence-corrected chi connectivity index (χ1v) is 6.20. The highest BCUT2D eigenvalue weighted by molar-refractivity contribution is 5.99. The highest BCUT2D eigenvalue weighted by atomic mass is 16.1. The zero-order valence-corrected chi connectivity index (χ0v) is 10.9. The van der Waals surface area contributed by atoms with E-state index in [4.69, 9.17) is 0 Å². The van der Waals surface area contributed by atoms with Gasteiger partial charge in [0.1, 0.15) is 0 Å². The number of aryl methyl sites for hydroxylation is 1. The number of unbranched alkanes of at least 4 members (excludes halogenated alkanes) is 2. The number of rotatable bonds is 6. The van der Waals surface area contributed by atoms with E-state index in [0.29, 0.717) is 11.1 Å². The minimum absolute atomic E-state index is 0.0184. The summed E-state index contributed by atoms with van der Waals surface area (Å²) in [4.78, 5) is 22.8. The maximum atomic E-state index is 11.4. The molecule has 0 aliphatic heterocycles. The molecule has 17 heavy (non-hydrogen) atoms. The van der Waals surface area contributed by atoms with Crippen LogP contribution >= 0.6 is 0 Å². The Kier molecular flexibility index (Phi) is 5.08. The van der Waals surface area contributed by atoms with Crippen LogP contribution in [0.5, 0.6) is 0 Å². The molecule has 0 fully saturated rings. The monoisotopic (exact) mass is 232 g/mol. The van der Waals surface area contributed by atoms with Gasteiger partial charge < -0.3 is 0 Å². The maximum Gasteiger partial charge on any atom is 0.159 e. The van der Waals surface area contributed by atoms with E-state index < -0.39 is 0 Å². The number of carbonyl (C=O) groups excluding carboxylic acids is 2. The van der Waals surface area contributed by atoms with Crippen LogP contribution in [0.1, 0.15) is 66.3 Å². The number of ketones is 2. The van der Waals surface area contributed by atoms with Gasteiger partial charge >= 0.3 is 0 Å². The van der Waals surface area contributed by atoms with Crippen molar-refractivity contribution in [2.24, 2.45) is 0 Å². The fraction of sp³-hybridized carbons (Fsp3) is 0.467. The quantitative estimate of drug-likeness (QED) is 0.552. The highest BCUT2D eigenvalue weighted by Crippen LogP contribution is 2.14. The van der Waals surface area contributed by atoms with Crippen LogP contribution in [0.4, 0.5) is 0 Å². The molecule has 2 nitrogen and oxygen atoms in total. The van der Waals surface area contributed by atoms with Gasteiger partial charge in [-0.2, -0.15) is 0 Å². The molecule has 0 aliphatic rings. The normalized spacial score (nSPS) is 10.3. The van der Waals surface area contributed by atoms with Crippen molar-refractivity contribution in [2.45, 2.75) is 46.5 Å². The summed E-state index contributed by atoms with van der Waals surface area (Å²) in [6.07, 6.45) is 4.40. The van der Waals surface area contributed by atoms with Gasteiger partial charge in [-0.05, 0) is 50.5 Å². The van der Waals surface area contributed by atoms with Crippen molar-refractivity contribution in [2.75, 3.05) is 0 Å². The standard InChI is InChI=1S/C15H20O2/c1-4-5-6-7-13-8-14(11(2)16)10-15(9-13)12(3)17/h8-10H,4-7H2,1-3H3. The lowest BCUT2D eigenvalue weighted by Gasteiger charge is -2.06. The molecule has 1 rings (SSSR count). The Morgan fingerprint density at radius 1 is 0.941 bits per heavy atom. The summed E-state index contributed by atoms with van der Waals surface area (Å²) in [5, 5.41) is 0. The average molecular weight is 232 g/mol. The zero-order chi connectivity index (χ0) is 12.8. The molecule has 92 valence electrons. The molecule has 1 aromatic rings. The second-order valence-corrected chi connectivity index (χ2v) is 4.49. The smallest absolute Gasteiger partial charge is 0.159 e. The minimum atomic E-state index is 0.0184. The second kappa shape index (κ2) is 6.33. The molecular formula is C15H20O2. The van der Waals surface area contributed by atoms with Gasteiger partial charge in [0.05, 0.1) is 0 Å². The first-order valence-electron chi connectivity index (χ1n) is 6.20. The fourth-order valence-corrected chi connectivity index (χ4v) is 1.82.